The molecule has 1 aromatic heterocycles. The molecule has 1 amide bonds. The first-order chi connectivity index (χ1) is 11.4. The van der Waals surface area contributed by atoms with E-state index >= 15 is 0 Å². The second-order valence-electron chi connectivity index (χ2n) is 4.68. The Kier molecular flexibility index (Phi) is 5.81. The van der Waals surface area contributed by atoms with Crippen LogP contribution in [0.2, 0.25) is 0 Å². The Morgan fingerprint density at radius 1 is 1.17 bits per heavy atom. The van der Waals surface area contributed by atoms with E-state index in [2.05, 4.69) is 10.0 Å². The summed E-state index contributed by atoms with van der Waals surface area (Å²) in [7, 11) is 0.891. The number of rotatable bonds is 7. The van der Waals surface area contributed by atoms with Gasteiger partial charge in [0.15, 0.2) is 0 Å². The Labute approximate surface area is 144 Å². The van der Waals surface area contributed by atoms with Crippen LogP contribution in [0.3, 0.4) is 0 Å². The molecule has 0 aliphatic rings. The lowest BCUT2D eigenvalue weighted by Gasteiger charge is -2.10. The van der Waals surface area contributed by atoms with E-state index in [1.165, 1.54) is 27.3 Å². The average Bonchev–Trinajstić information content (AvgIpc) is 3.08. The highest BCUT2D eigenvalue weighted by Crippen LogP contribution is 2.25. The fourth-order valence-electron chi connectivity index (χ4n) is 1.95. The monoisotopic (exact) mass is 370 g/mol. The summed E-state index contributed by atoms with van der Waals surface area (Å²) >= 11 is 1.10. The molecule has 0 bridgehead atoms. The number of amides is 1. The number of hydrogen-bond donors (Lipinski definition) is 2. The van der Waals surface area contributed by atoms with E-state index in [1.54, 1.807) is 24.3 Å². The Morgan fingerprint density at radius 2 is 1.92 bits per heavy atom. The van der Waals surface area contributed by atoms with Crippen molar-refractivity contribution in [3.63, 3.8) is 0 Å². The van der Waals surface area contributed by atoms with Crippen molar-refractivity contribution in [2.45, 2.75) is 10.8 Å². The van der Waals surface area contributed by atoms with Crippen LogP contribution in [0.25, 0.3) is 0 Å². The fraction of sp³-hybridized carbons (Fsp3) is 0.267. The van der Waals surface area contributed by atoms with E-state index in [0.29, 0.717) is 17.1 Å². The molecule has 0 atom stereocenters. The van der Waals surface area contributed by atoms with Crippen LogP contribution in [-0.4, -0.2) is 35.6 Å². The first kappa shape index (κ1) is 18.2. The third-order valence-corrected chi connectivity index (χ3v) is 6.24. The topological polar surface area (TPSA) is 93.7 Å². The minimum absolute atomic E-state index is 0.205. The molecule has 2 N–H and O–H groups in total. The van der Waals surface area contributed by atoms with Crippen molar-refractivity contribution in [3.05, 3.63) is 40.8 Å². The Balaban J connectivity index is 2.09. The summed E-state index contributed by atoms with van der Waals surface area (Å²) in [6.07, 6.45) is 0. The fourth-order valence-corrected chi connectivity index (χ4v) is 4.08. The normalized spacial score (nSPS) is 11.1. The Bertz CT molecular complexity index is 830. The van der Waals surface area contributed by atoms with Crippen LogP contribution in [0.1, 0.15) is 15.2 Å². The van der Waals surface area contributed by atoms with Crippen molar-refractivity contribution < 1.29 is 22.7 Å². The van der Waals surface area contributed by atoms with Crippen molar-refractivity contribution in [1.29, 1.82) is 0 Å². The third kappa shape index (κ3) is 4.05. The highest BCUT2D eigenvalue weighted by molar-refractivity contribution is 7.91. The number of sulfonamides is 1. The standard InChI is InChI=1S/C15H18N2O5S2/c1-16-24(19,20)14-7-5-11(23-14)9-17-15(18)12-6-4-10(21-2)8-13(12)22-3/h4-8,16H,9H2,1-3H3,(H,17,18). The van der Waals surface area contributed by atoms with Gasteiger partial charge in [-0.2, -0.15) is 0 Å². The van der Waals surface area contributed by atoms with Crippen LogP contribution >= 0.6 is 11.3 Å². The van der Waals surface area contributed by atoms with Crippen molar-refractivity contribution in [2.24, 2.45) is 0 Å². The van der Waals surface area contributed by atoms with Gasteiger partial charge >= 0.3 is 0 Å². The first-order valence-corrected chi connectivity index (χ1v) is 9.23. The highest BCUT2D eigenvalue weighted by Gasteiger charge is 2.16. The molecular weight excluding hydrogens is 352 g/mol. The van der Waals surface area contributed by atoms with Crippen molar-refractivity contribution >= 4 is 27.3 Å². The van der Waals surface area contributed by atoms with E-state index < -0.39 is 10.0 Å². The second kappa shape index (κ2) is 7.65. The van der Waals surface area contributed by atoms with Crippen LogP contribution in [-0.2, 0) is 16.6 Å². The first-order valence-electron chi connectivity index (χ1n) is 6.93. The third-order valence-electron chi connectivity index (χ3n) is 3.25. The van der Waals surface area contributed by atoms with Crippen LogP contribution in [0.15, 0.2) is 34.5 Å². The number of carbonyl (C=O) groups excluding carboxylic acids is 1. The maximum atomic E-state index is 12.3. The number of hydrogen-bond acceptors (Lipinski definition) is 6. The lowest BCUT2D eigenvalue weighted by atomic mass is 10.1. The van der Waals surface area contributed by atoms with Crippen molar-refractivity contribution in [1.82, 2.24) is 10.0 Å². The molecule has 0 unspecified atom stereocenters. The molecule has 0 saturated carbocycles. The summed E-state index contributed by atoms with van der Waals surface area (Å²) in [5.74, 6) is 0.668. The van der Waals surface area contributed by atoms with Gasteiger partial charge in [0.1, 0.15) is 15.7 Å². The van der Waals surface area contributed by atoms with E-state index in [0.717, 1.165) is 16.2 Å². The largest absolute Gasteiger partial charge is 0.497 e. The van der Waals surface area contributed by atoms with Crippen molar-refractivity contribution in [3.8, 4) is 11.5 Å². The predicted molar refractivity (Wildman–Crippen MR) is 91.3 cm³/mol. The number of benzene rings is 1. The Hall–Kier alpha value is -2.10. The molecule has 24 heavy (non-hydrogen) atoms. The highest BCUT2D eigenvalue weighted by atomic mass is 32.2. The van der Waals surface area contributed by atoms with Gasteiger partial charge < -0.3 is 14.8 Å². The molecule has 0 radical (unpaired) electrons. The lowest BCUT2D eigenvalue weighted by molar-refractivity contribution is 0.0948. The molecule has 9 heteroatoms. The maximum Gasteiger partial charge on any atom is 0.255 e. The van der Waals surface area contributed by atoms with E-state index in [-0.39, 0.29) is 16.7 Å². The minimum atomic E-state index is -3.46. The van der Waals surface area contributed by atoms with Gasteiger partial charge in [0.25, 0.3) is 5.91 Å². The van der Waals surface area contributed by atoms with Crippen LogP contribution in [0.5, 0.6) is 11.5 Å². The average molecular weight is 370 g/mol. The molecule has 2 aromatic rings. The number of nitrogens with one attached hydrogen (secondary N) is 2. The zero-order chi connectivity index (χ0) is 17.7. The summed E-state index contributed by atoms with van der Waals surface area (Å²) in [5, 5.41) is 2.75. The van der Waals surface area contributed by atoms with E-state index in [1.807, 2.05) is 0 Å². The molecule has 1 aromatic carbocycles. The summed E-state index contributed by atoms with van der Waals surface area (Å²) in [5.41, 5.74) is 0.373. The number of thiophene rings is 1. The Morgan fingerprint density at radius 3 is 2.54 bits per heavy atom. The zero-order valence-electron chi connectivity index (χ0n) is 13.5. The molecule has 7 nitrogen and oxygen atoms in total. The quantitative estimate of drug-likeness (QED) is 0.772. The molecule has 0 aliphatic carbocycles. The molecule has 0 aliphatic heterocycles. The van der Waals surface area contributed by atoms with Gasteiger partial charge in [-0.15, -0.1) is 11.3 Å². The van der Waals surface area contributed by atoms with Crippen LogP contribution in [0, 0.1) is 0 Å². The van der Waals surface area contributed by atoms with Crippen LogP contribution in [0.4, 0.5) is 0 Å². The molecule has 130 valence electrons. The molecule has 2 rings (SSSR count). The molecule has 0 spiro atoms. The summed E-state index contributed by atoms with van der Waals surface area (Å²) in [6.45, 7) is 0.220. The lowest BCUT2D eigenvalue weighted by Crippen LogP contribution is -2.23. The number of methoxy groups -OCH3 is 2. The minimum Gasteiger partial charge on any atom is -0.497 e. The second-order valence-corrected chi connectivity index (χ2v) is 7.96. The molecular formula is C15H18N2O5S2. The van der Waals surface area contributed by atoms with Gasteiger partial charge in [0.05, 0.1) is 26.3 Å². The van der Waals surface area contributed by atoms with Gasteiger partial charge in [-0.25, -0.2) is 13.1 Å². The van der Waals surface area contributed by atoms with Gasteiger partial charge in [-0.1, -0.05) is 0 Å². The van der Waals surface area contributed by atoms with E-state index in [9.17, 15) is 13.2 Å². The van der Waals surface area contributed by atoms with Gasteiger partial charge in [-0.3, -0.25) is 4.79 Å². The van der Waals surface area contributed by atoms with Crippen LogP contribution < -0.4 is 19.5 Å². The number of carbonyl (C=O) groups is 1. The van der Waals surface area contributed by atoms with Crippen molar-refractivity contribution in [2.75, 3.05) is 21.3 Å². The maximum absolute atomic E-state index is 12.3. The zero-order valence-corrected chi connectivity index (χ0v) is 15.1. The molecule has 0 saturated heterocycles. The number of ether oxygens (including phenoxy) is 2. The predicted octanol–water partition coefficient (Wildman–Crippen LogP) is 1.60. The molecule has 0 fully saturated rings. The smallest absolute Gasteiger partial charge is 0.255 e. The summed E-state index contributed by atoms with van der Waals surface area (Å²) in [6, 6.07) is 8.07. The summed E-state index contributed by atoms with van der Waals surface area (Å²) in [4.78, 5) is 13.0. The van der Waals surface area contributed by atoms with E-state index in [4.69, 9.17) is 9.47 Å². The summed E-state index contributed by atoms with van der Waals surface area (Å²) < 4.78 is 36.2. The SMILES string of the molecule is CNS(=O)(=O)c1ccc(CNC(=O)c2ccc(OC)cc2OC)s1. The van der Waals surface area contributed by atoms with Gasteiger partial charge in [-0.05, 0) is 31.3 Å². The van der Waals surface area contributed by atoms with Gasteiger partial charge in [0, 0.05) is 10.9 Å². The molecule has 1 heterocycles. The van der Waals surface area contributed by atoms with Gasteiger partial charge in [0.2, 0.25) is 10.0 Å².